The van der Waals surface area contributed by atoms with E-state index in [9.17, 15) is 10.2 Å². The molecule has 2 N–H and O–H groups in total. The lowest BCUT2D eigenvalue weighted by molar-refractivity contribution is 0.155. The summed E-state index contributed by atoms with van der Waals surface area (Å²) < 4.78 is 0. The van der Waals surface area contributed by atoms with Gasteiger partial charge in [0.15, 0.2) is 0 Å². The van der Waals surface area contributed by atoms with Gasteiger partial charge in [-0.3, -0.25) is 0 Å². The van der Waals surface area contributed by atoms with Gasteiger partial charge in [-0.25, -0.2) is 0 Å². The highest BCUT2D eigenvalue weighted by Gasteiger charge is 2.31. The van der Waals surface area contributed by atoms with Crippen molar-refractivity contribution in [1.29, 1.82) is 0 Å². The molecular weight excluding hydrogens is 524 g/mol. The van der Waals surface area contributed by atoms with Gasteiger partial charge in [0, 0.05) is 13.2 Å². The van der Waals surface area contributed by atoms with Gasteiger partial charge in [0.1, 0.15) is 0 Å². The van der Waals surface area contributed by atoms with Gasteiger partial charge in [-0.05, 0) is 134 Å². The number of rotatable bonds is 18. The van der Waals surface area contributed by atoms with E-state index in [4.69, 9.17) is 0 Å². The van der Waals surface area contributed by atoms with Gasteiger partial charge in [-0.1, -0.05) is 108 Å². The Morgan fingerprint density at radius 1 is 0.651 bits per heavy atom. The first-order chi connectivity index (χ1) is 21.1. The van der Waals surface area contributed by atoms with Crippen molar-refractivity contribution in [2.75, 3.05) is 13.2 Å². The van der Waals surface area contributed by atoms with Crippen LogP contribution in [0.3, 0.4) is 0 Å². The standard InChI is InChI=1S/C41H64O2/c1-3-5-6-7-8-10-32-13-17-36(18-14-32)37-21-23-39(24-22-37)41-26-25-40(31-35(41)4-2)38-19-15-33(16-20-38)11-9-12-34(27-29-42)28-30-43/h15-16,19-20,25-26,31-32,34,36-37,39,42-43H,3-14,17-18,21-24,27-30H2,1-2H3. The fourth-order valence-corrected chi connectivity index (χ4v) is 8.63. The highest BCUT2D eigenvalue weighted by Crippen LogP contribution is 2.45. The molecule has 2 aromatic carbocycles. The van der Waals surface area contributed by atoms with Gasteiger partial charge in [0.05, 0.1) is 0 Å². The van der Waals surface area contributed by atoms with Crippen LogP contribution in [0.5, 0.6) is 0 Å². The molecular formula is C41H64O2. The molecule has 0 bridgehead atoms. The quantitative estimate of drug-likeness (QED) is 0.170. The molecule has 4 rings (SSSR count). The third kappa shape index (κ3) is 10.7. The summed E-state index contributed by atoms with van der Waals surface area (Å²) in [6, 6.07) is 16.5. The monoisotopic (exact) mass is 588 g/mol. The van der Waals surface area contributed by atoms with Crippen LogP contribution in [0.4, 0.5) is 0 Å². The van der Waals surface area contributed by atoms with Crippen molar-refractivity contribution in [2.24, 2.45) is 23.7 Å². The van der Waals surface area contributed by atoms with Crippen molar-refractivity contribution in [2.45, 2.75) is 148 Å². The molecule has 2 aromatic rings. The fraction of sp³-hybridized carbons (Fsp3) is 0.707. The van der Waals surface area contributed by atoms with Crippen LogP contribution < -0.4 is 0 Å². The molecule has 43 heavy (non-hydrogen) atoms. The molecule has 0 atom stereocenters. The summed E-state index contributed by atoms with van der Waals surface area (Å²) in [5.41, 5.74) is 7.25. The Morgan fingerprint density at radius 2 is 1.28 bits per heavy atom. The SMILES string of the molecule is CCCCCCCC1CCC(C2CCC(c3ccc(-c4ccc(CCCC(CCO)CCO)cc4)cc3CC)CC2)CC1. The second-order valence-electron chi connectivity index (χ2n) is 14.3. The average Bonchev–Trinajstić information content (AvgIpc) is 3.05. The van der Waals surface area contributed by atoms with Crippen molar-refractivity contribution in [3.05, 3.63) is 59.2 Å². The molecule has 0 spiro atoms. The summed E-state index contributed by atoms with van der Waals surface area (Å²) in [7, 11) is 0. The number of aryl methyl sites for hydroxylation is 2. The Morgan fingerprint density at radius 3 is 1.91 bits per heavy atom. The second kappa shape index (κ2) is 19.0. The zero-order valence-electron chi connectivity index (χ0n) is 27.9. The maximum absolute atomic E-state index is 9.27. The van der Waals surface area contributed by atoms with Crippen LogP contribution in [-0.2, 0) is 12.8 Å². The largest absolute Gasteiger partial charge is 0.396 e. The van der Waals surface area contributed by atoms with Crippen LogP contribution in [-0.4, -0.2) is 23.4 Å². The summed E-state index contributed by atoms with van der Waals surface area (Å²) >= 11 is 0. The Balaban J connectivity index is 1.23. The zero-order valence-corrected chi connectivity index (χ0v) is 27.9. The van der Waals surface area contributed by atoms with Crippen LogP contribution in [0.25, 0.3) is 11.1 Å². The van der Waals surface area contributed by atoms with Gasteiger partial charge in [-0.2, -0.15) is 0 Å². The molecule has 0 amide bonds. The van der Waals surface area contributed by atoms with Crippen LogP contribution >= 0.6 is 0 Å². The molecule has 2 nitrogen and oxygen atoms in total. The van der Waals surface area contributed by atoms with E-state index in [1.165, 1.54) is 107 Å². The predicted molar refractivity (Wildman–Crippen MR) is 185 cm³/mol. The van der Waals surface area contributed by atoms with Crippen LogP contribution in [0.1, 0.15) is 152 Å². The molecule has 0 aliphatic heterocycles. The third-order valence-electron chi connectivity index (χ3n) is 11.4. The molecule has 2 fully saturated rings. The van der Waals surface area contributed by atoms with E-state index >= 15 is 0 Å². The maximum atomic E-state index is 9.27. The summed E-state index contributed by atoms with van der Waals surface area (Å²) in [6.07, 6.45) is 26.4. The molecule has 0 aromatic heterocycles. The second-order valence-corrected chi connectivity index (χ2v) is 14.3. The van der Waals surface area contributed by atoms with Gasteiger partial charge >= 0.3 is 0 Å². The fourth-order valence-electron chi connectivity index (χ4n) is 8.63. The number of benzene rings is 2. The van der Waals surface area contributed by atoms with E-state index in [-0.39, 0.29) is 13.2 Å². The van der Waals surface area contributed by atoms with E-state index in [2.05, 4.69) is 56.3 Å². The molecule has 2 aliphatic rings. The number of unbranched alkanes of at least 4 members (excludes halogenated alkanes) is 4. The minimum atomic E-state index is 0.222. The normalized spacial score (nSPS) is 22.7. The first-order valence-corrected chi connectivity index (χ1v) is 18.6. The summed E-state index contributed by atoms with van der Waals surface area (Å²) in [4.78, 5) is 0. The number of hydrogen-bond acceptors (Lipinski definition) is 2. The zero-order chi connectivity index (χ0) is 30.3. The molecule has 240 valence electrons. The van der Waals surface area contributed by atoms with Crippen molar-refractivity contribution in [3.63, 3.8) is 0 Å². The first-order valence-electron chi connectivity index (χ1n) is 18.6. The molecule has 2 heteroatoms. The lowest BCUT2D eigenvalue weighted by Crippen LogP contribution is -2.25. The highest BCUT2D eigenvalue weighted by molar-refractivity contribution is 5.65. The lowest BCUT2D eigenvalue weighted by Gasteiger charge is -2.38. The lowest BCUT2D eigenvalue weighted by atomic mass is 9.67. The van der Waals surface area contributed by atoms with Crippen LogP contribution in [0.15, 0.2) is 42.5 Å². The van der Waals surface area contributed by atoms with Crippen LogP contribution in [0.2, 0.25) is 0 Å². The average molecular weight is 589 g/mol. The summed E-state index contributed by atoms with van der Waals surface area (Å²) in [5, 5.41) is 18.5. The first kappa shape index (κ1) is 34.2. The molecule has 0 radical (unpaired) electrons. The van der Waals surface area contributed by atoms with Gasteiger partial charge in [-0.15, -0.1) is 0 Å². The van der Waals surface area contributed by atoms with E-state index < -0.39 is 0 Å². The Labute approximate surface area is 265 Å². The summed E-state index contributed by atoms with van der Waals surface area (Å²) in [5.74, 6) is 4.21. The van der Waals surface area contributed by atoms with Gasteiger partial charge in [0.25, 0.3) is 0 Å². The Bertz CT molecular complexity index is 1000. The molecule has 2 aliphatic carbocycles. The van der Waals surface area contributed by atoms with Crippen LogP contribution in [0, 0.1) is 23.7 Å². The molecule has 0 saturated heterocycles. The molecule has 0 heterocycles. The summed E-state index contributed by atoms with van der Waals surface area (Å²) in [6.45, 7) is 5.09. The van der Waals surface area contributed by atoms with Gasteiger partial charge < -0.3 is 10.2 Å². The number of aliphatic hydroxyl groups excluding tert-OH is 2. The molecule has 0 unspecified atom stereocenters. The third-order valence-corrected chi connectivity index (χ3v) is 11.4. The van der Waals surface area contributed by atoms with Crippen molar-refractivity contribution >= 4 is 0 Å². The van der Waals surface area contributed by atoms with Crippen molar-refractivity contribution < 1.29 is 10.2 Å². The minimum absolute atomic E-state index is 0.222. The maximum Gasteiger partial charge on any atom is 0.0433 e. The van der Waals surface area contributed by atoms with Crippen molar-refractivity contribution in [1.82, 2.24) is 0 Å². The highest BCUT2D eigenvalue weighted by atomic mass is 16.3. The number of aliphatic hydroxyl groups is 2. The topological polar surface area (TPSA) is 40.5 Å². The van der Waals surface area contributed by atoms with E-state index in [1.54, 1.807) is 11.1 Å². The van der Waals surface area contributed by atoms with Crippen molar-refractivity contribution in [3.8, 4) is 11.1 Å². The Kier molecular flexibility index (Phi) is 15.1. The smallest absolute Gasteiger partial charge is 0.0433 e. The van der Waals surface area contributed by atoms with E-state index in [1.807, 2.05) is 0 Å². The Hall–Kier alpha value is -1.64. The molecule has 2 saturated carbocycles. The van der Waals surface area contributed by atoms with Gasteiger partial charge in [0.2, 0.25) is 0 Å². The van der Waals surface area contributed by atoms with E-state index in [0.29, 0.717) is 5.92 Å². The number of hydrogen-bond donors (Lipinski definition) is 2. The predicted octanol–water partition coefficient (Wildman–Crippen LogP) is 11.1. The van der Waals surface area contributed by atoms with E-state index in [0.717, 1.165) is 62.2 Å². The minimum Gasteiger partial charge on any atom is -0.396 e.